The first-order valence-electron chi connectivity index (χ1n) is 6.61. The third kappa shape index (κ3) is 3.63. The second-order valence-corrected chi connectivity index (χ2v) is 4.75. The standard InChI is InChI=1S/C16H19NO3/c1-11-5-4-6-14(9-11)19-8-7-17-16(18)15-10-12(2)20-13(15)3/h4-6,9-10H,7-8H2,1-3H3,(H,17,18). The summed E-state index contributed by atoms with van der Waals surface area (Å²) in [4.78, 5) is 11.9. The Morgan fingerprint density at radius 3 is 2.70 bits per heavy atom. The van der Waals surface area contributed by atoms with Gasteiger partial charge >= 0.3 is 0 Å². The number of benzene rings is 1. The Morgan fingerprint density at radius 2 is 2.05 bits per heavy atom. The maximum Gasteiger partial charge on any atom is 0.254 e. The van der Waals surface area contributed by atoms with Gasteiger partial charge in [-0.3, -0.25) is 4.79 Å². The van der Waals surface area contributed by atoms with Crippen molar-refractivity contribution in [2.75, 3.05) is 13.2 Å². The Morgan fingerprint density at radius 1 is 1.25 bits per heavy atom. The van der Waals surface area contributed by atoms with E-state index in [9.17, 15) is 4.79 Å². The molecular formula is C16H19NO3. The second kappa shape index (κ2) is 6.28. The molecule has 1 aromatic heterocycles. The lowest BCUT2D eigenvalue weighted by Gasteiger charge is -2.08. The molecule has 0 aliphatic rings. The minimum absolute atomic E-state index is 0.132. The molecule has 0 unspecified atom stereocenters. The van der Waals surface area contributed by atoms with Crippen molar-refractivity contribution >= 4 is 5.91 Å². The number of ether oxygens (including phenoxy) is 1. The van der Waals surface area contributed by atoms with Crippen molar-refractivity contribution in [1.29, 1.82) is 0 Å². The molecule has 4 heteroatoms. The summed E-state index contributed by atoms with van der Waals surface area (Å²) in [5.74, 6) is 2.06. The van der Waals surface area contributed by atoms with Gasteiger partial charge in [-0.1, -0.05) is 12.1 Å². The molecule has 2 aromatic rings. The van der Waals surface area contributed by atoms with Gasteiger partial charge in [0.05, 0.1) is 12.1 Å². The van der Waals surface area contributed by atoms with Crippen LogP contribution >= 0.6 is 0 Å². The van der Waals surface area contributed by atoms with Crippen LogP contribution in [0.15, 0.2) is 34.7 Å². The van der Waals surface area contributed by atoms with Crippen molar-refractivity contribution in [3.05, 3.63) is 53.0 Å². The van der Waals surface area contributed by atoms with Crippen molar-refractivity contribution in [1.82, 2.24) is 5.32 Å². The van der Waals surface area contributed by atoms with E-state index in [0.717, 1.165) is 17.1 Å². The molecule has 20 heavy (non-hydrogen) atoms. The molecule has 0 saturated carbocycles. The number of rotatable bonds is 5. The zero-order valence-corrected chi connectivity index (χ0v) is 12.0. The van der Waals surface area contributed by atoms with E-state index in [1.807, 2.05) is 38.1 Å². The largest absolute Gasteiger partial charge is 0.492 e. The summed E-state index contributed by atoms with van der Waals surface area (Å²) >= 11 is 0. The SMILES string of the molecule is Cc1cccc(OCCNC(=O)c2cc(C)oc2C)c1. The Balaban J connectivity index is 1.79. The normalized spacial score (nSPS) is 10.3. The first kappa shape index (κ1) is 14.2. The monoisotopic (exact) mass is 273 g/mol. The van der Waals surface area contributed by atoms with Crippen LogP contribution in [0.5, 0.6) is 5.75 Å². The zero-order valence-electron chi connectivity index (χ0n) is 12.0. The molecule has 0 aliphatic carbocycles. The molecule has 2 rings (SSSR count). The number of carbonyl (C=O) groups is 1. The predicted octanol–water partition coefficient (Wildman–Crippen LogP) is 3.01. The van der Waals surface area contributed by atoms with Crippen molar-refractivity contribution < 1.29 is 13.9 Å². The highest BCUT2D eigenvalue weighted by Gasteiger charge is 2.12. The quantitative estimate of drug-likeness (QED) is 0.852. The fraction of sp³-hybridized carbons (Fsp3) is 0.312. The molecule has 0 bridgehead atoms. The number of furan rings is 1. The lowest BCUT2D eigenvalue weighted by molar-refractivity contribution is 0.0945. The fourth-order valence-electron chi connectivity index (χ4n) is 1.99. The van der Waals surface area contributed by atoms with Gasteiger partial charge in [-0.2, -0.15) is 0 Å². The second-order valence-electron chi connectivity index (χ2n) is 4.75. The first-order valence-corrected chi connectivity index (χ1v) is 6.61. The Bertz CT molecular complexity index is 602. The molecule has 1 N–H and O–H groups in total. The Kier molecular flexibility index (Phi) is 4.45. The minimum Gasteiger partial charge on any atom is -0.492 e. The Labute approximate surface area is 118 Å². The van der Waals surface area contributed by atoms with E-state index in [4.69, 9.17) is 9.15 Å². The average Bonchev–Trinajstić information content (AvgIpc) is 2.74. The van der Waals surface area contributed by atoms with Crippen LogP contribution in [0.4, 0.5) is 0 Å². The van der Waals surface area contributed by atoms with E-state index in [2.05, 4.69) is 5.32 Å². The van der Waals surface area contributed by atoms with Crippen molar-refractivity contribution in [2.45, 2.75) is 20.8 Å². The van der Waals surface area contributed by atoms with Gasteiger partial charge in [0, 0.05) is 0 Å². The van der Waals surface area contributed by atoms with Crippen LogP contribution in [0, 0.1) is 20.8 Å². The fourth-order valence-corrected chi connectivity index (χ4v) is 1.99. The molecule has 0 fully saturated rings. The Hall–Kier alpha value is -2.23. The first-order chi connectivity index (χ1) is 9.56. The van der Waals surface area contributed by atoms with E-state index < -0.39 is 0 Å². The molecule has 0 atom stereocenters. The summed E-state index contributed by atoms with van der Waals surface area (Å²) < 4.78 is 10.9. The van der Waals surface area contributed by atoms with Crippen LogP contribution in [0.2, 0.25) is 0 Å². The van der Waals surface area contributed by atoms with E-state index in [1.165, 1.54) is 0 Å². The van der Waals surface area contributed by atoms with E-state index in [-0.39, 0.29) is 5.91 Å². The lowest BCUT2D eigenvalue weighted by Crippen LogP contribution is -2.28. The van der Waals surface area contributed by atoms with Gasteiger partial charge in [-0.15, -0.1) is 0 Å². The van der Waals surface area contributed by atoms with E-state index >= 15 is 0 Å². The van der Waals surface area contributed by atoms with Gasteiger partial charge in [0.1, 0.15) is 23.9 Å². The molecule has 0 saturated heterocycles. The van der Waals surface area contributed by atoms with E-state index in [1.54, 1.807) is 13.0 Å². The van der Waals surface area contributed by atoms with Crippen LogP contribution in [0.3, 0.4) is 0 Å². The smallest absolute Gasteiger partial charge is 0.254 e. The maximum atomic E-state index is 11.9. The maximum absolute atomic E-state index is 11.9. The third-order valence-electron chi connectivity index (χ3n) is 2.93. The average molecular weight is 273 g/mol. The van der Waals surface area contributed by atoms with E-state index in [0.29, 0.717) is 24.5 Å². The van der Waals surface area contributed by atoms with Gasteiger partial charge in [0.2, 0.25) is 0 Å². The number of amides is 1. The number of aryl methyl sites for hydroxylation is 3. The highest BCUT2D eigenvalue weighted by molar-refractivity contribution is 5.95. The van der Waals surface area contributed by atoms with Crippen LogP contribution in [0.1, 0.15) is 27.4 Å². The molecule has 106 valence electrons. The van der Waals surface area contributed by atoms with Crippen molar-refractivity contribution in [3.63, 3.8) is 0 Å². The molecule has 4 nitrogen and oxygen atoms in total. The number of hydrogen-bond donors (Lipinski definition) is 1. The minimum atomic E-state index is -0.132. The van der Waals surface area contributed by atoms with Gasteiger partial charge in [0.25, 0.3) is 5.91 Å². The lowest BCUT2D eigenvalue weighted by atomic mass is 10.2. The number of carbonyl (C=O) groups excluding carboxylic acids is 1. The van der Waals surface area contributed by atoms with Crippen LogP contribution in [0.25, 0.3) is 0 Å². The number of nitrogens with one attached hydrogen (secondary N) is 1. The summed E-state index contributed by atoms with van der Waals surface area (Å²) in [6.45, 7) is 6.51. The van der Waals surface area contributed by atoms with Crippen molar-refractivity contribution in [3.8, 4) is 5.75 Å². The molecule has 1 amide bonds. The van der Waals surface area contributed by atoms with Gasteiger partial charge in [-0.25, -0.2) is 0 Å². The third-order valence-corrected chi connectivity index (χ3v) is 2.93. The topological polar surface area (TPSA) is 51.5 Å². The number of hydrogen-bond acceptors (Lipinski definition) is 3. The van der Waals surface area contributed by atoms with Crippen molar-refractivity contribution in [2.24, 2.45) is 0 Å². The molecular weight excluding hydrogens is 254 g/mol. The van der Waals surface area contributed by atoms with Gasteiger partial charge in [-0.05, 0) is 44.5 Å². The summed E-state index contributed by atoms with van der Waals surface area (Å²) in [5.41, 5.74) is 1.73. The van der Waals surface area contributed by atoms with Crippen LogP contribution in [-0.4, -0.2) is 19.1 Å². The summed E-state index contributed by atoms with van der Waals surface area (Å²) in [5, 5.41) is 2.81. The molecule has 0 spiro atoms. The zero-order chi connectivity index (χ0) is 14.5. The van der Waals surface area contributed by atoms with Crippen LogP contribution in [-0.2, 0) is 0 Å². The predicted molar refractivity (Wildman–Crippen MR) is 77.2 cm³/mol. The molecule has 0 radical (unpaired) electrons. The molecule has 0 aliphatic heterocycles. The summed E-state index contributed by atoms with van der Waals surface area (Å²) in [6.07, 6.45) is 0. The highest BCUT2D eigenvalue weighted by atomic mass is 16.5. The summed E-state index contributed by atoms with van der Waals surface area (Å²) in [6, 6.07) is 9.56. The van der Waals surface area contributed by atoms with Crippen LogP contribution < -0.4 is 10.1 Å². The highest BCUT2D eigenvalue weighted by Crippen LogP contribution is 2.13. The van der Waals surface area contributed by atoms with Gasteiger partial charge in [0.15, 0.2) is 0 Å². The molecule has 1 heterocycles. The molecule has 1 aromatic carbocycles. The van der Waals surface area contributed by atoms with Gasteiger partial charge < -0.3 is 14.5 Å². The summed E-state index contributed by atoms with van der Waals surface area (Å²) in [7, 11) is 0.